The molecule has 2 aromatic carbocycles. The van der Waals surface area contributed by atoms with Crippen LogP contribution in [0.25, 0.3) is 11.5 Å². The number of hydrogen-bond donors (Lipinski definition) is 2. The SMILES string of the molecule is O=C(Nc1cccc(-c2nnco2)c1)NC(CN1CCCC1=O)c1ccccc1. The van der Waals surface area contributed by atoms with Crippen LogP contribution in [0.5, 0.6) is 0 Å². The van der Waals surface area contributed by atoms with Crippen LogP contribution in [-0.2, 0) is 4.79 Å². The summed E-state index contributed by atoms with van der Waals surface area (Å²) in [6.45, 7) is 1.16. The molecule has 1 aromatic heterocycles. The highest BCUT2D eigenvalue weighted by atomic mass is 16.4. The van der Waals surface area contributed by atoms with Crippen LogP contribution in [-0.4, -0.2) is 40.1 Å². The van der Waals surface area contributed by atoms with Gasteiger partial charge in [-0.05, 0) is 30.2 Å². The average Bonchev–Trinajstić information content (AvgIpc) is 3.41. The van der Waals surface area contributed by atoms with Crippen molar-refractivity contribution in [2.45, 2.75) is 18.9 Å². The first kappa shape index (κ1) is 18.7. The number of anilines is 1. The van der Waals surface area contributed by atoms with Crippen LogP contribution >= 0.6 is 0 Å². The molecule has 2 N–H and O–H groups in total. The smallest absolute Gasteiger partial charge is 0.319 e. The molecule has 3 amide bonds. The quantitative estimate of drug-likeness (QED) is 0.672. The fraction of sp³-hybridized carbons (Fsp3) is 0.238. The number of likely N-dealkylation sites (tertiary alicyclic amines) is 1. The lowest BCUT2D eigenvalue weighted by atomic mass is 10.1. The molecule has 1 saturated heterocycles. The summed E-state index contributed by atoms with van der Waals surface area (Å²) < 4.78 is 5.20. The molecular formula is C21H21N5O3. The molecule has 0 radical (unpaired) electrons. The van der Waals surface area contributed by atoms with Crippen molar-refractivity contribution in [1.82, 2.24) is 20.4 Å². The third-order valence-electron chi connectivity index (χ3n) is 4.81. The molecule has 1 fully saturated rings. The van der Waals surface area contributed by atoms with Gasteiger partial charge in [-0.3, -0.25) is 4.79 Å². The van der Waals surface area contributed by atoms with Gasteiger partial charge in [0, 0.05) is 30.8 Å². The molecule has 3 aromatic rings. The number of hydrogen-bond acceptors (Lipinski definition) is 5. The predicted molar refractivity (Wildman–Crippen MR) is 107 cm³/mol. The van der Waals surface area contributed by atoms with Crippen LogP contribution in [0.15, 0.2) is 65.4 Å². The van der Waals surface area contributed by atoms with E-state index < -0.39 is 0 Å². The zero-order chi connectivity index (χ0) is 20.1. The summed E-state index contributed by atoms with van der Waals surface area (Å²) in [5, 5.41) is 13.4. The standard InChI is InChI=1S/C21H21N5O3/c27-19-10-5-11-26(19)13-18(15-6-2-1-3-7-15)24-21(28)23-17-9-4-8-16(12-17)20-25-22-14-29-20/h1-4,6-9,12,14,18H,5,10-11,13H2,(H2,23,24,28). The van der Waals surface area contributed by atoms with Gasteiger partial charge in [0.2, 0.25) is 18.2 Å². The van der Waals surface area contributed by atoms with E-state index in [0.29, 0.717) is 30.1 Å². The van der Waals surface area contributed by atoms with E-state index in [-0.39, 0.29) is 18.0 Å². The minimum atomic E-state index is -0.354. The third-order valence-corrected chi connectivity index (χ3v) is 4.81. The Morgan fingerprint density at radius 1 is 1.17 bits per heavy atom. The lowest BCUT2D eigenvalue weighted by molar-refractivity contribution is -0.128. The van der Waals surface area contributed by atoms with Gasteiger partial charge in [0.25, 0.3) is 0 Å². The Balaban J connectivity index is 1.46. The molecule has 1 unspecified atom stereocenters. The van der Waals surface area contributed by atoms with Gasteiger partial charge in [0.1, 0.15) is 0 Å². The van der Waals surface area contributed by atoms with Crippen molar-refractivity contribution < 1.29 is 14.0 Å². The van der Waals surface area contributed by atoms with Gasteiger partial charge in [0.05, 0.1) is 6.04 Å². The summed E-state index contributed by atoms with van der Waals surface area (Å²) in [4.78, 5) is 26.5. The molecule has 8 heteroatoms. The molecule has 1 aliphatic rings. The summed E-state index contributed by atoms with van der Waals surface area (Å²) in [5.41, 5.74) is 2.26. The number of benzene rings is 2. The number of carbonyl (C=O) groups is 2. The molecule has 2 heterocycles. The lowest BCUT2D eigenvalue weighted by Crippen LogP contribution is -2.40. The van der Waals surface area contributed by atoms with Crippen molar-refractivity contribution in [2.75, 3.05) is 18.4 Å². The maximum Gasteiger partial charge on any atom is 0.319 e. The van der Waals surface area contributed by atoms with Crippen molar-refractivity contribution in [2.24, 2.45) is 0 Å². The number of carbonyl (C=O) groups excluding carboxylic acids is 2. The van der Waals surface area contributed by atoms with Gasteiger partial charge < -0.3 is 20.0 Å². The second-order valence-corrected chi connectivity index (χ2v) is 6.83. The highest BCUT2D eigenvalue weighted by Gasteiger charge is 2.25. The minimum absolute atomic E-state index is 0.125. The van der Waals surface area contributed by atoms with Crippen molar-refractivity contribution in [3.05, 3.63) is 66.6 Å². The van der Waals surface area contributed by atoms with E-state index in [1.54, 1.807) is 23.1 Å². The molecule has 148 valence electrons. The zero-order valence-electron chi connectivity index (χ0n) is 15.7. The second kappa shape index (κ2) is 8.55. The molecule has 4 rings (SSSR count). The number of urea groups is 1. The Morgan fingerprint density at radius 2 is 2.03 bits per heavy atom. The molecule has 0 spiro atoms. The summed E-state index contributed by atoms with van der Waals surface area (Å²) in [6.07, 6.45) is 2.68. The van der Waals surface area contributed by atoms with E-state index in [4.69, 9.17) is 4.42 Å². The number of aromatic nitrogens is 2. The Hall–Kier alpha value is -3.68. The zero-order valence-corrected chi connectivity index (χ0v) is 15.7. The van der Waals surface area contributed by atoms with E-state index in [2.05, 4.69) is 20.8 Å². The molecule has 1 atom stereocenters. The van der Waals surface area contributed by atoms with Gasteiger partial charge in [-0.2, -0.15) is 0 Å². The van der Waals surface area contributed by atoms with Gasteiger partial charge in [0.15, 0.2) is 0 Å². The Morgan fingerprint density at radius 3 is 2.76 bits per heavy atom. The van der Waals surface area contributed by atoms with E-state index in [0.717, 1.165) is 18.5 Å². The van der Waals surface area contributed by atoms with E-state index >= 15 is 0 Å². The number of amides is 3. The fourth-order valence-electron chi connectivity index (χ4n) is 3.39. The largest absolute Gasteiger partial charge is 0.423 e. The van der Waals surface area contributed by atoms with E-state index in [9.17, 15) is 9.59 Å². The molecule has 0 bridgehead atoms. The van der Waals surface area contributed by atoms with Crippen LogP contribution in [0.3, 0.4) is 0 Å². The first-order valence-corrected chi connectivity index (χ1v) is 9.46. The fourth-order valence-corrected chi connectivity index (χ4v) is 3.39. The van der Waals surface area contributed by atoms with Gasteiger partial charge in [-0.25, -0.2) is 4.79 Å². The lowest BCUT2D eigenvalue weighted by Gasteiger charge is -2.25. The normalized spacial score (nSPS) is 14.6. The summed E-state index contributed by atoms with van der Waals surface area (Å²) >= 11 is 0. The van der Waals surface area contributed by atoms with Crippen LogP contribution in [0, 0.1) is 0 Å². The van der Waals surface area contributed by atoms with Crippen LogP contribution in [0.2, 0.25) is 0 Å². The monoisotopic (exact) mass is 391 g/mol. The van der Waals surface area contributed by atoms with Crippen LogP contribution in [0.1, 0.15) is 24.4 Å². The highest BCUT2D eigenvalue weighted by molar-refractivity contribution is 5.90. The summed E-state index contributed by atoms with van der Waals surface area (Å²) in [6, 6.07) is 16.1. The van der Waals surface area contributed by atoms with Crippen LogP contribution in [0.4, 0.5) is 10.5 Å². The van der Waals surface area contributed by atoms with Crippen molar-refractivity contribution >= 4 is 17.6 Å². The van der Waals surface area contributed by atoms with Crippen molar-refractivity contribution in [1.29, 1.82) is 0 Å². The first-order chi connectivity index (χ1) is 14.2. The predicted octanol–water partition coefficient (Wildman–Crippen LogP) is 3.22. The Bertz CT molecular complexity index is 975. The Labute approximate surface area is 167 Å². The minimum Gasteiger partial charge on any atom is -0.423 e. The second-order valence-electron chi connectivity index (χ2n) is 6.83. The van der Waals surface area contributed by atoms with Crippen molar-refractivity contribution in [3.8, 4) is 11.5 Å². The maximum absolute atomic E-state index is 12.7. The molecule has 1 aliphatic heterocycles. The molecule has 0 saturated carbocycles. The van der Waals surface area contributed by atoms with Crippen LogP contribution < -0.4 is 10.6 Å². The number of nitrogens with one attached hydrogen (secondary N) is 2. The number of nitrogens with zero attached hydrogens (tertiary/aromatic N) is 3. The third kappa shape index (κ3) is 4.60. The summed E-state index contributed by atoms with van der Waals surface area (Å²) in [5.74, 6) is 0.504. The molecule has 8 nitrogen and oxygen atoms in total. The van der Waals surface area contributed by atoms with E-state index in [1.807, 2.05) is 36.4 Å². The highest BCUT2D eigenvalue weighted by Crippen LogP contribution is 2.21. The topological polar surface area (TPSA) is 100 Å². The van der Waals surface area contributed by atoms with Gasteiger partial charge in [-0.1, -0.05) is 36.4 Å². The molecule has 0 aliphatic carbocycles. The van der Waals surface area contributed by atoms with Gasteiger partial charge >= 0.3 is 6.03 Å². The summed E-state index contributed by atoms with van der Waals surface area (Å²) in [7, 11) is 0. The van der Waals surface area contributed by atoms with E-state index in [1.165, 1.54) is 6.39 Å². The average molecular weight is 391 g/mol. The first-order valence-electron chi connectivity index (χ1n) is 9.46. The van der Waals surface area contributed by atoms with Crippen molar-refractivity contribution in [3.63, 3.8) is 0 Å². The Kier molecular flexibility index (Phi) is 5.51. The number of rotatable bonds is 6. The molecular weight excluding hydrogens is 370 g/mol. The van der Waals surface area contributed by atoms with Gasteiger partial charge in [-0.15, -0.1) is 10.2 Å². The molecule has 29 heavy (non-hydrogen) atoms. The maximum atomic E-state index is 12.7.